The van der Waals surface area contributed by atoms with Gasteiger partial charge >= 0.3 is 0 Å². The summed E-state index contributed by atoms with van der Waals surface area (Å²) in [6.45, 7) is 0.0280. The van der Waals surface area contributed by atoms with Crippen LogP contribution >= 0.6 is 0 Å². The second kappa shape index (κ2) is 4.46. The minimum absolute atomic E-state index is 0.182. The highest BCUT2D eigenvalue weighted by Crippen LogP contribution is 2.37. The summed E-state index contributed by atoms with van der Waals surface area (Å²) in [5.41, 5.74) is 1.44. The molecular formula is C10H12FNO3. The van der Waals surface area contributed by atoms with Crippen molar-refractivity contribution in [1.29, 1.82) is 0 Å². The van der Waals surface area contributed by atoms with Crippen LogP contribution in [0.4, 0.5) is 4.39 Å². The molecule has 0 spiro atoms. The van der Waals surface area contributed by atoms with Crippen molar-refractivity contribution in [2.24, 2.45) is 5.90 Å². The number of hydrogen-bond donors (Lipinski definition) is 1. The maximum absolute atomic E-state index is 12.5. The molecule has 1 aromatic carbocycles. The number of ether oxygens (including phenoxy) is 2. The van der Waals surface area contributed by atoms with E-state index in [-0.39, 0.29) is 6.79 Å². The average Bonchev–Trinajstić information content (AvgIpc) is 2.73. The number of rotatable bonds is 4. The molecule has 1 aliphatic rings. The Bertz CT molecular complexity index is 357. The number of hydrogen-bond acceptors (Lipinski definition) is 4. The minimum Gasteiger partial charge on any atom is -0.454 e. The molecule has 4 nitrogen and oxygen atoms in total. The molecule has 2 N–H and O–H groups in total. The Kier molecular flexibility index (Phi) is 3.03. The van der Waals surface area contributed by atoms with E-state index in [1.54, 1.807) is 12.1 Å². The van der Waals surface area contributed by atoms with E-state index in [0.29, 0.717) is 30.1 Å². The van der Waals surface area contributed by atoms with Crippen molar-refractivity contribution in [2.75, 3.05) is 13.4 Å². The van der Waals surface area contributed by atoms with E-state index in [1.165, 1.54) is 0 Å². The summed E-state index contributed by atoms with van der Waals surface area (Å²) in [5.74, 6) is 6.21. The molecule has 0 radical (unpaired) electrons. The van der Waals surface area contributed by atoms with Crippen molar-refractivity contribution in [3.05, 3.63) is 23.3 Å². The third-order valence-corrected chi connectivity index (χ3v) is 2.25. The Morgan fingerprint density at radius 1 is 1.40 bits per heavy atom. The Morgan fingerprint density at radius 2 is 2.27 bits per heavy atom. The molecule has 0 bridgehead atoms. The van der Waals surface area contributed by atoms with E-state index < -0.39 is 6.67 Å². The summed E-state index contributed by atoms with van der Waals surface area (Å²) in [7, 11) is 0. The molecule has 82 valence electrons. The third-order valence-electron chi connectivity index (χ3n) is 2.25. The monoisotopic (exact) mass is 213 g/mol. The molecule has 2 rings (SSSR count). The quantitative estimate of drug-likeness (QED) is 0.766. The Balaban J connectivity index is 2.30. The van der Waals surface area contributed by atoms with Crippen LogP contribution in [0.25, 0.3) is 0 Å². The highest BCUT2D eigenvalue weighted by molar-refractivity contribution is 5.50. The van der Waals surface area contributed by atoms with Crippen molar-refractivity contribution < 1.29 is 18.7 Å². The smallest absolute Gasteiger partial charge is 0.231 e. The molecule has 0 fully saturated rings. The maximum atomic E-state index is 12.5. The molecule has 0 aliphatic carbocycles. The molecular weight excluding hydrogens is 201 g/mol. The number of benzene rings is 1. The van der Waals surface area contributed by atoms with Crippen LogP contribution in [0.2, 0.25) is 0 Å². The van der Waals surface area contributed by atoms with E-state index in [2.05, 4.69) is 4.84 Å². The van der Waals surface area contributed by atoms with Crippen LogP contribution in [0.5, 0.6) is 11.5 Å². The first kappa shape index (κ1) is 10.2. The standard InChI is InChI=1S/C10H12FNO3/c11-5-7-3-8(1-2-15-12)10-9(4-7)13-6-14-10/h3-4H,1-2,5-6,12H2. The van der Waals surface area contributed by atoms with Gasteiger partial charge in [-0.2, -0.15) is 0 Å². The Hall–Kier alpha value is -1.33. The van der Waals surface area contributed by atoms with Crippen LogP contribution < -0.4 is 15.4 Å². The lowest BCUT2D eigenvalue weighted by Gasteiger charge is -2.06. The lowest BCUT2D eigenvalue weighted by molar-refractivity contribution is 0.139. The van der Waals surface area contributed by atoms with Crippen molar-refractivity contribution in [3.8, 4) is 11.5 Å². The highest BCUT2D eigenvalue weighted by atomic mass is 19.1. The van der Waals surface area contributed by atoms with Crippen LogP contribution in [-0.4, -0.2) is 13.4 Å². The molecule has 0 atom stereocenters. The predicted octanol–water partition coefficient (Wildman–Crippen LogP) is 1.32. The summed E-state index contributed by atoms with van der Waals surface area (Å²) in [4.78, 5) is 4.49. The van der Waals surface area contributed by atoms with Gasteiger partial charge in [0.1, 0.15) is 6.67 Å². The van der Waals surface area contributed by atoms with Crippen molar-refractivity contribution in [3.63, 3.8) is 0 Å². The van der Waals surface area contributed by atoms with Gasteiger partial charge in [-0.25, -0.2) is 10.3 Å². The Morgan fingerprint density at radius 3 is 3.00 bits per heavy atom. The largest absolute Gasteiger partial charge is 0.454 e. The van der Waals surface area contributed by atoms with Crippen molar-refractivity contribution >= 4 is 0 Å². The summed E-state index contributed by atoms with van der Waals surface area (Å²) < 4.78 is 23.0. The number of alkyl halides is 1. The zero-order chi connectivity index (χ0) is 10.7. The zero-order valence-electron chi connectivity index (χ0n) is 8.16. The molecule has 15 heavy (non-hydrogen) atoms. The lowest BCUT2D eigenvalue weighted by Crippen LogP contribution is -2.04. The first-order chi connectivity index (χ1) is 7.35. The molecule has 0 unspecified atom stereocenters. The summed E-state index contributed by atoms with van der Waals surface area (Å²) in [6.07, 6.45) is 0.579. The van der Waals surface area contributed by atoms with Gasteiger partial charge < -0.3 is 14.3 Å². The van der Waals surface area contributed by atoms with Gasteiger partial charge in [-0.3, -0.25) is 0 Å². The van der Waals surface area contributed by atoms with Gasteiger partial charge in [-0.15, -0.1) is 0 Å². The molecule has 0 saturated carbocycles. The maximum Gasteiger partial charge on any atom is 0.231 e. The van der Waals surface area contributed by atoms with Crippen LogP contribution in [0.1, 0.15) is 11.1 Å². The van der Waals surface area contributed by atoms with Crippen LogP contribution in [0.3, 0.4) is 0 Å². The van der Waals surface area contributed by atoms with E-state index in [1.807, 2.05) is 0 Å². The van der Waals surface area contributed by atoms with E-state index in [4.69, 9.17) is 15.4 Å². The molecule has 0 amide bonds. The van der Waals surface area contributed by atoms with Gasteiger partial charge in [0.25, 0.3) is 0 Å². The molecule has 0 saturated heterocycles. The molecule has 0 aromatic heterocycles. The van der Waals surface area contributed by atoms with Crippen molar-refractivity contribution in [1.82, 2.24) is 0 Å². The van der Waals surface area contributed by atoms with E-state index >= 15 is 0 Å². The fraction of sp³-hybridized carbons (Fsp3) is 0.400. The SMILES string of the molecule is NOCCc1cc(CF)cc2c1OCO2. The van der Waals surface area contributed by atoms with Gasteiger partial charge in [0, 0.05) is 12.0 Å². The fourth-order valence-electron chi connectivity index (χ4n) is 1.58. The minimum atomic E-state index is -0.521. The van der Waals surface area contributed by atoms with Gasteiger partial charge in [-0.05, 0) is 17.7 Å². The average molecular weight is 213 g/mol. The first-order valence-corrected chi connectivity index (χ1v) is 4.64. The lowest BCUT2D eigenvalue weighted by atomic mass is 10.1. The van der Waals surface area contributed by atoms with Gasteiger partial charge in [0.15, 0.2) is 11.5 Å². The normalized spacial score (nSPS) is 13.2. The topological polar surface area (TPSA) is 53.7 Å². The van der Waals surface area contributed by atoms with Crippen molar-refractivity contribution in [2.45, 2.75) is 13.1 Å². The van der Waals surface area contributed by atoms with E-state index in [0.717, 1.165) is 5.56 Å². The van der Waals surface area contributed by atoms with E-state index in [9.17, 15) is 4.39 Å². The van der Waals surface area contributed by atoms with Gasteiger partial charge in [-0.1, -0.05) is 0 Å². The zero-order valence-corrected chi connectivity index (χ0v) is 8.16. The summed E-state index contributed by atoms with van der Waals surface area (Å²) in [5, 5.41) is 0. The number of nitrogens with two attached hydrogens (primary N) is 1. The van der Waals surface area contributed by atoms with Crippen LogP contribution in [-0.2, 0) is 17.9 Å². The first-order valence-electron chi connectivity index (χ1n) is 4.64. The second-order valence-electron chi connectivity index (χ2n) is 3.24. The Labute approximate surface area is 86.7 Å². The highest BCUT2D eigenvalue weighted by Gasteiger charge is 2.18. The molecule has 1 aromatic rings. The molecule has 5 heteroatoms. The van der Waals surface area contributed by atoms with Crippen LogP contribution in [0, 0.1) is 0 Å². The molecule has 1 heterocycles. The molecule has 1 aliphatic heterocycles. The third kappa shape index (κ3) is 2.03. The number of fused-ring (bicyclic) bond motifs is 1. The predicted molar refractivity (Wildman–Crippen MR) is 51.2 cm³/mol. The summed E-state index contributed by atoms with van der Waals surface area (Å²) >= 11 is 0. The summed E-state index contributed by atoms with van der Waals surface area (Å²) in [6, 6.07) is 3.39. The van der Waals surface area contributed by atoms with Gasteiger partial charge in [0.05, 0.1) is 6.61 Å². The second-order valence-corrected chi connectivity index (χ2v) is 3.24. The number of halogens is 1. The van der Waals surface area contributed by atoms with Crippen LogP contribution in [0.15, 0.2) is 12.1 Å². The fourth-order valence-corrected chi connectivity index (χ4v) is 1.58. The van der Waals surface area contributed by atoms with Gasteiger partial charge in [0.2, 0.25) is 6.79 Å².